The molecule has 0 saturated carbocycles. The van der Waals surface area contributed by atoms with E-state index < -0.39 is 5.82 Å². The Labute approximate surface area is 128 Å². The Kier molecular flexibility index (Phi) is 5.42. The van der Waals surface area contributed by atoms with Gasteiger partial charge < -0.3 is 15.2 Å². The normalized spacial score (nSPS) is 10.5. The maximum absolute atomic E-state index is 13.1. The molecule has 0 aliphatic rings. The van der Waals surface area contributed by atoms with Crippen molar-refractivity contribution in [3.63, 3.8) is 0 Å². The van der Waals surface area contributed by atoms with Crippen molar-refractivity contribution in [1.29, 1.82) is 0 Å². The number of nitrogens with two attached hydrogens (primary N) is 1. The Bertz CT molecular complexity index is 619. The zero-order valence-electron chi connectivity index (χ0n) is 11.7. The van der Waals surface area contributed by atoms with Gasteiger partial charge in [0, 0.05) is 0 Å². The zero-order valence-corrected chi connectivity index (χ0v) is 12.5. The first-order chi connectivity index (χ1) is 10.1. The number of halogens is 2. The van der Waals surface area contributed by atoms with Gasteiger partial charge in [-0.05, 0) is 48.4 Å². The molecule has 0 radical (unpaired) electrons. The second kappa shape index (κ2) is 7.29. The summed E-state index contributed by atoms with van der Waals surface area (Å²) in [5.74, 6) is 0.831. The third-order valence-corrected chi connectivity index (χ3v) is 3.33. The number of hydrogen-bond acceptors (Lipinski definition) is 3. The van der Waals surface area contributed by atoms with Crippen molar-refractivity contribution in [2.45, 2.75) is 13.0 Å². The highest BCUT2D eigenvalue weighted by Crippen LogP contribution is 2.29. The minimum atomic E-state index is -0.441. The minimum Gasteiger partial charge on any atom is -0.493 e. The topological polar surface area (TPSA) is 44.5 Å². The minimum absolute atomic E-state index is 0.0846. The van der Waals surface area contributed by atoms with Crippen LogP contribution in [0.15, 0.2) is 36.4 Å². The molecule has 0 heterocycles. The lowest BCUT2D eigenvalue weighted by atomic mass is 10.1. The molecule has 2 aromatic rings. The van der Waals surface area contributed by atoms with E-state index in [0.717, 1.165) is 17.5 Å². The highest BCUT2D eigenvalue weighted by molar-refractivity contribution is 6.30. The van der Waals surface area contributed by atoms with Gasteiger partial charge in [0.2, 0.25) is 0 Å². The lowest BCUT2D eigenvalue weighted by Gasteiger charge is -2.12. The number of benzene rings is 2. The second-order valence-corrected chi connectivity index (χ2v) is 4.97. The Morgan fingerprint density at radius 3 is 2.52 bits per heavy atom. The monoisotopic (exact) mass is 309 g/mol. The third-order valence-electron chi connectivity index (χ3n) is 3.04. The molecule has 112 valence electrons. The molecule has 0 spiro atoms. The second-order valence-electron chi connectivity index (χ2n) is 4.56. The van der Waals surface area contributed by atoms with Crippen LogP contribution in [0.2, 0.25) is 5.02 Å². The standard InChI is InChI=1S/C16H17ClFNO2/c1-20-16-9-11(6-7-19)3-5-15(16)21-10-12-2-4-14(18)13(17)8-12/h2-5,8-9H,6-7,10,19H2,1H3. The molecular formula is C16H17ClFNO2. The lowest BCUT2D eigenvalue weighted by Crippen LogP contribution is -2.03. The highest BCUT2D eigenvalue weighted by atomic mass is 35.5. The van der Waals surface area contributed by atoms with Gasteiger partial charge in [0.1, 0.15) is 12.4 Å². The van der Waals surface area contributed by atoms with Gasteiger partial charge in [0.15, 0.2) is 11.5 Å². The lowest BCUT2D eigenvalue weighted by molar-refractivity contribution is 0.284. The van der Waals surface area contributed by atoms with E-state index >= 15 is 0 Å². The van der Waals surface area contributed by atoms with Crippen LogP contribution in [0.3, 0.4) is 0 Å². The third kappa shape index (κ3) is 4.09. The maximum Gasteiger partial charge on any atom is 0.161 e. The van der Waals surface area contributed by atoms with Crippen molar-refractivity contribution in [3.8, 4) is 11.5 Å². The van der Waals surface area contributed by atoms with Crippen LogP contribution in [-0.4, -0.2) is 13.7 Å². The fourth-order valence-corrected chi connectivity index (χ4v) is 2.15. The van der Waals surface area contributed by atoms with E-state index in [4.69, 9.17) is 26.8 Å². The van der Waals surface area contributed by atoms with E-state index in [0.29, 0.717) is 18.0 Å². The van der Waals surface area contributed by atoms with E-state index in [9.17, 15) is 4.39 Å². The van der Waals surface area contributed by atoms with Gasteiger partial charge in [-0.15, -0.1) is 0 Å². The summed E-state index contributed by atoms with van der Waals surface area (Å²) in [4.78, 5) is 0. The summed E-state index contributed by atoms with van der Waals surface area (Å²) in [6.45, 7) is 0.865. The summed E-state index contributed by atoms with van der Waals surface area (Å²) >= 11 is 5.74. The van der Waals surface area contributed by atoms with Crippen molar-refractivity contribution >= 4 is 11.6 Å². The Morgan fingerprint density at radius 1 is 1.10 bits per heavy atom. The van der Waals surface area contributed by atoms with Crippen molar-refractivity contribution in [2.75, 3.05) is 13.7 Å². The summed E-state index contributed by atoms with van der Waals surface area (Å²) in [6.07, 6.45) is 0.782. The van der Waals surface area contributed by atoms with Crippen molar-refractivity contribution in [1.82, 2.24) is 0 Å². The molecule has 2 N–H and O–H groups in total. The molecule has 0 saturated heterocycles. The summed E-state index contributed by atoms with van der Waals surface area (Å²) in [5.41, 5.74) is 7.41. The van der Waals surface area contributed by atoms with Crippen LogP contribution in [0, 0.1) is 5.82 Å². The van der Waals surface area contributed by atoms with E-state index in [-0.39, 0.29) is 11.6 Å². The zero-order chi connectivity index (χ0) is 15.2. The molecule has 0 aliphatic heterocycles. The van der Waals surface area contributed by atoms with Crippen LogP contribution in [0.25, 0.3) is 0 Å². The average molecular weight is 310 g/mol. The van der Waals surface area contributed by atoms with Gasteiger partial charge in [-0.3, -0.25) is 0 Å². The number of ether oxygens (including phenoxy) is 2. The molecule has 0 aromatic heterocycles. The van der Waals surface area contributed by atoms with Crippen LogP contribution >= 0.6 is 11.6 Å². The maximum atomic E-state index is 13.1. The average Bonchev–Trinajstić information content (AvgIpc) is 2.49. The largest absolute Gasteiger partial charge is 0.493 e. The predicted octanol–water partition coefficient (Wildman–Crippen LogP) is 3.57. The first-order valence-electron chi connectivity index (χ1n) is 6.57. The summed E-state index contributed by atoms with van der Waals surface area (Å²) < 4.78 is 24.1. The first kappa shape index (κ1) is 15.6. The van der Waals surface area contributed by atoms with E-state index in [1.807, 2.05) is 18.2 Å². The molecule has 0 aliphatic carbocycles. The van der Waals surface area contributed by atoms with Crippen LogP contribution < -0.4 is 15.2 Å². The number of rotatable bonds is 6. The Hall–Kier alpha value is -1.78. The Morgan fingerprint density at radius 2 is 1.86 bits per heavy atom. The van der Waals surface area contributed by atoms with Crippen LogP contribution in [-0.2, 0) is 13.0 Å². The molecule has 5 heteroatoms. The molecule has 0 atom stereocenters. The molecule has 2 rings (SSSR count). The van der Waals surface area contributed by atoms with Gasteiger partial charge >= 0.3 is 0 Å². The van der Waals surface area contributed by atoms with Crippen molar-refractivity contribution in [3.05, 3.63) is 58.4 Å². The molecule has 0 unspecified atom stereocenters. The van der Waals surface area contributed by atoms with E-state index in [1.54, 1.807) is 19.2 Å². The molecule has 0 fully saturated rings. The van der Waals surface area contributed by atoms with Gasteiger partial charge in [0.05, 0.1) is 12.1 Å². The number of methoxy groups -OCH3 is 1. The fraction of sp³-hybridized carbons (Fsp3) is 0.250. The van der Waals surface area contributed by atoms with Gasteiger partial charge in [-0.1, -0.05) is 23.7 Å². The summed E-state index contributed by atoms with van der Waals surface area (Å²) in [5, 5.41) is 0.0846. The van der Waals surface area contributed by atoms with E-state index in [2.05, 4.69) is 0 Å². The Balaban J connectivity index is 2.10. The molecule has 0 bridgehead atoms. The van der Waals surface area contributed by atoms with Gasteiger partial charge in [-0.25, -0.2) is 4.39 Å². The predicted molar refractivity (Wildman–Crippen MR) is 81.5 cm³/mol. The van der Waals surface area contributed by atoms with Crippen LogP contribution in [0.4, 0.5) is 4.39 Å². The van der Waals surface area contributed by atoms with Crippen molar-refractivity contribution in [2.24, 2.45) is 5.73 Å². The number of hydrogen-bond donors (Lipinski definition) is 1. The fourth-order valence-electron chi connectivity index (χ4n) is 1.94. The van der Waals surface area contributed by atoms with Crippen LogP contribution in [0.1, 0.15) is 11.1 Å². The van der Waals surface area contributed by atoms with Gasteiger partial charge in [0.25, 0.3) is 0 Å². The SMILES string of the molecule is COc1cc(CCN)ccc1OCc1ccc(F)c(Cl)c1. The summed E-state index contributed by atoms with van der Waals surface area (Å²) in [6, 6.07) is 10.2. The summed E-state index contributed by atoms with van der Waals surface area (Å²) in [7, 11) is 1.59. The van der Waals surface area contributed by atoms with Crippen LogP contribution in [0.5, 0.6) is 11.5 Å². The first-order valence-corrected chi connectivity index (χ1v) is 6.95. The molecule has 3 nitrogen and oxygen atoms in total. The smallest absolute Gasteiger partial charge is 0.161 e. The molecule has 0 amide bonds. The van der Waals surface area contributed by atoms with Gasteiger partial charge in [-0.2, -0.15) is 0 Å². The molecule has 2 aromatic carbocycles. The quantitative estimate of drug-likeness (QED) is 0.887. The molecule has 21 heavy (non-hydrogen) atoms. The highest BCUT2D eigenvalue weighted by Gasteiger charge is 2.07. The van der Waals surface area contributed by atoms with Crippen molar-refractivity contribution < 1.29 is 13.9 Å². The molecular weight excluding hydrogens is 293 g/mol. The van der Waals surface area contributed by atoms with E-state index in [1.165, 1.54) is 6.07 Å².